The maximum Gasteiger partial charge on any atom is 0.0405 e. The van der Waals surface area contributed by atoms with E-state index in [-0.39, 0.29) is 5.54 Å². The van der Waals surface area contributed by atoms with Crippen LogP contribution in [0, 0.1) is 5.92 Å². The van der Waals surface area contributed by atoms with E-state index >= 15 is 0 Å². The summed E-state index contributed by atoms with van der Waals surface area (Å²) in [6.45, 7) is 10.00. The number of hydrogen-bond acceptors (Lipinski definition) is 1. The summed E-state index contributed by atoms with van der Waals surface area (Å²) in [4.78, 5) is 0. The molecule has 0 aliphatic heterocycles. The van der Waals surface area contributed by atoms with E-state index < -0.39 is 0 Å². The molecule has 2 heteroatoms. The summed E-state index contributed by atoms with van der Waals surface area (Å²) in [5.74, 6) is 1.49. The maximum atomic E-state index is 5.98. The topological polar surface area (TPSA) is 12.0 Å². The van der Waals surface area contributed by atoms with Crippen molar-refractivity contribution >= 4 is 11.6 Å². The summed E-state index contributed by atoms with van der Waals surface area (Å²) >= 11 is 5.98. The van der Waals surface area contributed by atoms with E-state index in [0.717, 1.165) is 31.2 Å². The number of nitrogens with one attached hydrogen (secondary N) is 1. The molecule has 0 fully saturated rings. The van der Waals surface area contributed by atoms with Gasteiger partial charge in [0.25, 0.3) is 0 Å². The zero-order valence-corrected chi connectivity index (χ0v) is 10.2. The molecule has 0 saturated heterocycles. The second kappa shape index (κ2) is 6.67. The lowest BCUT2D eigenvalue weighted by atomic mass is 9.95. The Bertz CT molecular complexity index is 111. The first-order valence-corrected chi connectivity index (χ1v) is 5.94. The van der Waals surface area contributed by atoms with Gasteiger partial charge < -0.3 is 5.32 Å². The summed E-state index contributed by atoms with van der Waals surface area (Å²) in [6, 6.07) is 0. The molecule has 0 saturated carbocycles. The molecular formula is C11H24ClN. The van der Waals surface area contributed by atoms with Gasteiger partial charge in [0.1, 0.15) is 0 Å². The minimum Gasteiger partial charge on any atom is -0.310 e. The van der Waals surface area contributed by atoms with Crippen LogP contribution >= 0.6 is 11.6 Å². The van der Waals surface area contributed by atoms with Crippen LogP contribution in [0.1, 0.15) is 47.0 Å². The Kier molecular flexibility index (Phi) is 6.79. The van der Waals surface area contributed by atoms with E-state index in [2.05, 4.69) is 33.0 Å². The molecule has 0 aromatic rings. The van der Waals surface area contributed by atoms with Crippen molar-refractivity contribution in [1.29, 1.82) is 0 Å². The van der Waals surface area contributed by atoms with Gasteiger partial charge in [-0.05, 0) is 31.7 Å². The molecule has 0 aliphatic rings. The number of rotatable bonds is 7. The Morgan fingerprint density at radius 2 is 1.77 bits per heavy atom. The van der Waals surface area contributed by atoms with E-state index in [4.69, 9.17) is 11.6 Å². The van der Waals surface area contributed by atoms with Gasteiger partial charge in [0.05, 0.1) is 0 Å². The van der Waals surface area contributed by atoms with Gasteiger partial charge in [0.15, 0.2) is 0 Å². The molecule has 0 bridgehead atoms. The molecule has 0 amide bonds. The molecule has 0 atom stereocenters. The van der Waals surface area contributed by atoms with Crippen molar-refractivity contribution in [3.8, 4) is 0 Å². The molecule has 1 nitrogen and oxygen atoms in total. The first-order valence-electron chi connectivity index (χ1n) is 5.41. The molecule has 80 valence electrons. The molecule has 13 heavy (non-hydrogen) atoms. The summed E-state index contributed by atoms with van der Waals surface area (Å²) in [5.41, 5.74) is 0.177. The first-order chi connectivity index (χ1) is 6.10. The third-order valence-electron chi connectivity index (χ3n) is 2.83. The fourth-order valence-electron chi connectivity index (χ4n) is 1.36. The van der Waals surface area contributed by atoms with E-state index in [0.29, 0.717) is 0 Å². The summed E-state index contributed by atoms with van der Waals surface area (Å²) in [7, 11) is 0. The fourth-order valence-corrected chi connectivity index (χ4v) is 1.83. The van der Waals surface area contributed by atoms with Crippen molar-refractivity contribution in [2.24, 2.45) is 5.92 Å². The molecular weight excluding hydrogens is 182 g/mol. The van der Waals surface area contributed by atoms with Crippen molar-refractivity contribution in [1.82, 2.24) is 5.32 Å². The van der Waals surface area contributed by atoms with Gasteiger partial charge in [0.2, 0.25) is 0 Å². The third-order valence-corrected chi connectivity index (χ3v) is 3.34. The van der Waals surface area contributed by atoms with E-state index in [1.807, 2.05) is 0 Å². The predicted octanol–water partition coefficient (Wildman–Crippen LogP) is 3.42. The molecule has 1 N–H and O–H groups in total. The Labute approximate surface area is 88.2 Å². The van der Waals surface area contributed by atoms with Crippen molar-refractivity contribution in [2.45, 2.75) is 52.5 Å². The monoisotopic (exact) mass is 205 g/mol. The standard InChI is InChI=1S/C11H24ClN/c1-5-11(6-2,9-12)13-8-7-10(3)4/h10,13H,5-9H2,1-4H3. The number of halogens is 1. The lowest BCUT2D eigenvalue weighted by Crippen LogP contribution is -2.46. The molecule has 0 rings (SSSR count). The quantitative estimate of drug-likeness (QED) is 0.629. The smallest absolute Gasteiger partial charge is 0.0405 e. The molecule has 0 aromatic heterocycles. The van der Waals surface area contributed by atoms with E-state index in [1.54, 1.807) is 0 Å². The van der Waals surface area contributed by atoms with Crippen LogP contribution in [0.15, 0.2) is 0 Å². The van der Waals surface area contributed by atoms with Crippen molar-refractivity contribution < 1.29 is 0 Å². The van der Waals surface area contributed by atoms with Crippen LogP contribution in [0.3, 0.4) is 0 Å². The van der Waals surface area contributed by atoms with Crippen LogP contribution in [0.4, 0.5) is 0 Å². The van der Waals surface area contributed by atoms with Crippen LogP contribution < -0.4 is 5.32 Å². The zero-order valence-electron chi connectivity index (χ0n) is 9.49. The average molecular weight is 206 g/mol. The van der Waals surface area contributed by atoms with Crippen molar-refractivity contribution in [3.63, 3.8) is 0 Å². The second-order valence-corrected chi connectivity index (χ2v) is 4.50. The maximum absolute atomic E-state index is 5.98. The fraction of sp³-hybridized carbons (Fsp3) is 1.00. The third kappa shape index (κ3) is 4.87. The van der Waals surface area contributed by atoms with Crippen molar-refractivity contribution in [3.05, 3.63) is 0 Å². The van der Waals surface area contributed by atoms with Gasteiger partial charge in [-0.15, -0.1) is 11.6 Å². The lowest BCUT2D eigenvalue weighted by molar-refractivity contribution is 0.326. The van der Waals surface area contributed by atoms with Gasteiger partial charge >= 0.3 is 0 Å². The van der Waals surface area contributed by atoms with Gasteiger partial charge in [-0.2, -0.15) is 0 Å². The molecule has 0 aliphatic carbocycles. The Morgan fingerprint density at radius 3 is 2.08 bits per heavy atom. The number of hydrogen-bond donors (Lipinski definition) is 1. The highest BCUT2D eigenvalue weighted by molar-refractivity contribution is 6.18. The SMILES string of the molecule is CCC(CC)(CCl)NCCC(C)C. The Balaban J connectivity index is 3.81. The van der Waals surface area contributed by atoms with Crippen LogP contribution in [-0.4, -0.2) is 18.0 Å². The van der Waals surface area contributed by atoms with Crippen LogP contribution in [0.5, 0.6) is 0 Å². The Morgan fingerprint density at radius 1 is 1.23 bits per heavy atom. The summed E-state index contributed by atoms with van der Waals surface area (Å²) in [6.07, 6.45) is 3.47. The molecule has 0 spiro atoms. The second-order valence-electron chi connectivity index (χ2n) is 4.23. The van der Waals surface area contributed by atoms with Gasteiger partial charge in [-0.1, -0.05) is 27.7 Å². The van der Waals surface area contributed by atoms with Crippen LogP contribution in [0.25, 0.3) is 0 Å². The molecule has 0 aromatic carbocycles. The van der Waals surface area contributed by atoms with Gasteiger partial charge in [-0.3, -0.25) is 0 Å². The van der Waals surface area contributed by atoms with E-state index in [1.165, 1.54) is 6.42 Å². The molecule has 0 heterocycles. The van der Waals surface area contributed by atoms with E-state index in [9.17, 15) is 0 Å². The predicted molar refractivity (Wildman–Crippen MR) is 61.5 cm³/mol. The average Bonchev–Trinajstić information content (AvgIpc) is 2.13. The highest BCUT2D eigenvalue weighted by Crippen LogP contribution is 2.17. The van der Waals surface area contributed by atoms with Gasteiger partial charge in [-0.25, -0.2) is 0 Å². The molecule has 0 unspecified atom stereocenters. The van der Waals surface area contributed by atoms with Crippen molar-refractivity contribution in [2.75, 3.05) is 12.4 Å². The minimum absolute atomic E-state index is 0.177. The minimum atomic E-state index is 0.177. The molecule has 0 radical (unpaired) electrons. The van der Waals surface area contributed by atoms with Gasteiger partial charge in [0, 0.05) is 11.4 Å². The van der Waals surface area contributed by atoms with Crippen LogP contribution in [-0.2, 0) is 0 Å². The zero-order chi connectivity index (χ0) is 10.3. The first kappa shape index (κ1) is 13.2. The van der Waals surface area contributed by atoms with Crippen LogP contribution in [0.2, 0.25) is 0 Å². The highest BCUT2D eigenvalue weighted by atomic mass is 35.5. The number of alkyl halides is 1. The normalized spacial score (nSPS) is 12.5. The highest BCUT2D eigenvalue weighted by Gasteiger charge is 2.23. The lowest BCUT2D eigenvalue weighted by Gasteiger charge is -2.31. The Hall–Kier alpha value is 0.250. The summed E-state index contributed by atoms with van der Waals surface area (Å²) < 4.78 is 0. The summed E-state index contributed by atoms with van der Waals surface area (Å²) in [5, 5.41) is 3.58. The largest absolute Gasteiger partial charge is 0.310 e.